The Labute approximate surface area is 183 Å². The fourth-order valence-electron chi connectivity index (χ4n) is 4.76. The normalized spacial score (nSPS) is 23.2. The lowest BCUT2D eigenvalue weighted by Gasteiger charge is -2.54. The number of benzene rings is 3. The zero-order valence-electron chi connectivity index (χ0n) is 17.4. The molecule has 6 rings (SSSR count). The molecule has 3 fully saturated rings. The second-order valence-electron chi connectivity index (χ2n) is 8.32. The summed E-state index contributed by atoms with van der Waals surface area (Å²) < 4.78 is 32.8. The first-order chi connectivity index (χ1) is 15.0. The fourth-order valence-corrected chi connectivity index (χ4v) is 6.33. The van der Waals surface area contributed by atoms with Crippen LogP contribution in [0.3, 0.4) is 0 Å². The maximum atomic E-state index is 12.9. The topological polar surface area (TPSA) is 58.6 Å². The number of hydrogen-bond acceptors (Lipinski definition) is 4. The van der Waals surface area contributed by atoms with Crippen LogP contribution in [0, 0.1) is 0 Å². The number of nitrogens with zero attached hydrogens (tertiary/aromatic N) is 1. The summed E-state index contributed by atoms with van der Waals surface area (Å²) >= 11 is 0. The molecule has 0 saturated carbocycles. The number of fused-ring (bicyclic) bond motifs is 2. The van der Waals surface area contributed by atoms with E-state index in [2.05, 4.69) is 35.6 Å². The molecule has 0 spiro atoms. The van der Waals surface area contributed by atoms with Gasteiger partial charge in [0, 0.05) is 31.1 Å². The van der Waals surface area contributed by atoms with Crippen molar-refractivity contribution in [3.8, 4) is 16.9 Å². The molecule has 160 valence electrons. The van der Waals surface area contributed by atoms with Gasteiger partial charge >= 0.3 is 0 Å². The number of methoxy groups -OCH3 is 1. The summed E-state index contributed by atoms with van der Waals surface area (Å²) in [5.41, 5.74) is 4.36. The predicted molar refractivity (Wildman–Crippen MR) is 123 cm³/mol. The van der Waals surface area contributed by atoms with Crippen LogP contribution in [-0.4, -0.2) is 45.0 Å². The number of nitrogens with one attached hydrogen (secondary N) is 1. The van der Waals surface area contributed by atoms with Gasteiger partial charge in [-0.15, -0.1) is 0 Å². The number of piperidine rings is 1. The van der Waals surface area contributed by atoms with Crippen molar-refractivity contribution < 1.29 is 13.2 Å². The van der Waals surface area contributed by atoms with Crippen molar-refractivity contribution >= 4 is 10.0 Å². The largest absolute Gasteiger partial charge is 0.497 e. The van der Waals surface area contributed by atoms with Crippen LogP contribution in [0.5, 0.6) is 5.75 Å². The second-order valence-corrected chi connectivity index (χ2v) is 10.3. The Morgan fingerprint density at radius 1 is 0.903 bits per heavy atom. The van der Waals surface area contributed by atoms with E-state index in [9.17, 15) is 8.42 Å². The summed E-state index contributed by atoms with van der Waals surface area (Å²) in [7, 11) is -1.64. The van der Waals surface area contributed by atoms with E-state index in [4.69, 9.17) is 4.74 Å². The molecule has 0 aromatic heterocycles. The first-order valence-corrected chi connectivity index (χ1v) is 12.2. The maximum Gasteiger partial charge on any atom is 0.218 e. The van der Waals surface area contributed by atoms with Gasteiger partial charge in [-0.1, -0.05) is 66.7 Å². The minimum absolute atomic E-state index is 0.0627. The summed E-state index contributed by atoms with van der Waals surface area (Å²) in [6, 6.07) is 26.4. The maximum absolute atomic E-state index is 12.9. The van der Waals surface area contributed by atoms with Crippen LogP contribution in [0.25, 0.3) is 11.1 Å². The van der Waals surface area contributed by atoms with Gasteiger partial charge < -0.3 is 10.1 Å². The van der Waals surface area contributed by atoms with Gasteiger partial charge in [-0.3, -0.25) is 0 Å². The standard InChI is InChI=1S/C25H26N2O3S/c1-30-22-9-5-8-21(14-22)19-10-12-20(13-11-19)25-23-15-27(16-24(25)26-23)31(28,29)17-18-6-3-2-4-7-18/h2-14,23-26H,15-17H2,1H3/t23-,24+,25?. The third-order valence-corrected chi connectivity index (χ3v) is 8.16. The van der Waals surface area contributed by atoms with Crippen LogP contribution in [0.4, 0.5) is 0 Å². The van der Waals surface area contributed by atoms with E-state index in [1.807, 2.05) is 48.5 Å². The minimum atomic E-state index is -3.31. The summed E-state index contributed by atoms with van der Waals surface area (Å²) in [5, 5.41) is 3.53. The smallest absolute Gasteiger partial charge is 0.218 e. The molecule has 1 N–H and O–H groups in total. The summed E-state index contributed by atoms with van der Waals surface area (Å²) in [5.74, 6) is 1.26. The molecular formula is C25H26N2O3S. The molecule has 3 saturated heterocycles. The van der Waals surface area contributed by atoms with Crippen molar-refractivity contribution in [2.24, 2.45) is 0 Å². The molecule has 0 aliphatic carbocycles. The highest BCUT2D eigenvalue weighted by Crippen LogP contribution is 2.38. The number of hydrogen-bond donors (Lipinski definition) is 1. The summed E-state index contributed by atoms with van der Waals surface area (Å²) in [6.07, 6.45) is 0. The molecule has 3 aromatic rings. The Bertz CT molecular complexity index is 1150. The molecule has 3 aliphatic rings. The van der Waals surface area contributed by atoms with Gasteiger partial charge in [-0.25, -0.2) is 8.42 Å². The third-order valence-electron chi connectivity index (χ3n) is 6.38. The van der Waals surface area contributed by atoms with Crippen molar-refractivity contribution in [2.75, 3.05) is 20.2 Å². The molecule has 3 atom stereocenters. The van der Waals surface area contributed by atoms with Gasteiger partial charge in [0.05, 0.1) is 12.9 Å². The second kappa shape index (κ2) is 8.11. The first-order valence-electron chi connectivity index (χ1n) is 10.6. The number of sulfonamides is 1. The number of rotatable bonds is 6. The Hall–Kier alpha value is -2.67. The zero-order valence-corrected chi connectivity index (χ0v) is 18.3. The molecule has 5 nitrogen and oxygen atoms in total. The number of piperazine rings is 1. The average Bonchev–Trinajstić information content (AvgIpc) is 2.80. The molecular weight excluding hydrogens is 408 g/mol. The Morgan fingerprint density at radius 2 is 1.61 bits per heavy atom. The lowest BCUT2D eigenvalue weighted by atomic mass is 9.75. The van der Waals surface area contributed by atoms with Crippen molar-refractivity contribution in [1.82, 2.24) is 9.62 Å². The molecule has 2 bridgehead atoms. The molecule has 3 heterocycles. The van der Waals surface area contributed by atoms with Crippen LogP contribution in [0.2, 0.25) is 0 Å². The lowest BCUT2D eigenvalue weighted by molar-refractivity contribution is 0.101. The first kappa shape index (κ1) is 20.2. The Morgan fingerprint density at radius 3 is 2.29 bits per heavy atom. The Kier molecular flexibility index (Phi) is 5.30. The van der Waals surface area contributed by atoms with E-state index in [0.29, 0.717) is 19.0 Å². The Balaban J connectivity index is 1.28. The molecule has 3 aromatic carbocycles. The van der Waals surface area contributed by atoms with Crippen molar-refractivity contribution in [3.05, 3.63) is 90.0 Å². The lowest BCUT2D eigenvalue weighted by Crippen LogP contribution is -2.72. The van der Waals surface area contributed by atoms with Crippen molar-refractivity contribution in [3.63, 3.8) is 0 Å². The molecule has 0 amide bonds. The molecule has 3 aliphatic heterocycles. The predicted octanol–water partition coefficient (Wildman–Crippen LogP) is 3.63. The summed E-state index contributed by atoms with van der Waals surface area (Å²) in [4.78, 5) is 0. The molecule has 6 heteroatoms. The van der Waals surface area contributed by atoms with Crippen LogP contribution in [-0.2, 0) is 15.8 Å². The highest BCUT2D eigenvalue weighted by molar-refractivity contribution is 7.88. The fraction of sp³-hybridized carbons (Fsp3) is 0.280. The van der Waals surface area contributed by atoms with Crippen LogP contribution in [0.15, 0.2) is 78.9 Å². The van der Waals surface area contributed by atoms with E-state index in [-0.39, 0.29) is 17.8 Å². The van der Waals surface area contributed by atoms with Crippen LogP contribution >= 0.6 is 0 Å². The van der Waals surface area contributed by atoms with Crippen molar-refractivity contribution in [2.45, 2.75) is 23.8 Å². The monoisotopic (exact) mass is 434 g/mol. The van der Waals surface area contributed by atoms with Gasteiger partial charge in [0.15, 0.2) is 0 Å². The zero-order chi connectivity index (χ0) is 21.4. The van der Waals surface area contributed by atoms with E-state index in [1.54, 1.807) is 11.4 Å². The number of ether oxygens (including phenoxy) is 1. The molecule has 31 heavy (non-hydrogen) atoms. The van der Waals surface area contributed by atoms with Gasteiger partial charge in [0.2, 0.25) is 10.0 Å². The highest BCUT2D eigenvalue weighted by Gasteiger charge is 2.49. The van der Waals surface area contributed by atoms with Gasteiger partial charge in [0.25, 0.3) is 0 Å². The quantitative estimate of drug-likeness (QED) is 0.644. The summed E-state index contributed by atoms with van der Waals surface area (Å²) in [6.45, 7) is 1.04. The van der Waals surface area contributed by atoms with E-state index in [0.717, 1.165) is 22.4 Å². The SMILES string of the molecule is COc1cccc(-c2ccc(C3[C@@H]4CN(S(=O)(=O)Cc5ccccc5)C[C@H]3N4)cc2)c1. The van der Waals surface area contributed by atoms with E-state index in [1.165, 1.54) is 5.56 Å². The van der Waals surface area contributed by atoms with E-state index < -0.39 is 10.0 Å². The van der Waals surface area contributed by atoms with Gasteiger partial charge in [-0.2, -0.15) is 4.31 Å². The minimum Gasteiger partial charge on any atom is -0.497 e. The van der Waals surface area contributed by atoms with Crippen molar-refractivity contribution in [1.29, 1.82) is 0 Å². The van der Waals surface area contributed by atoms with Gasteiger partial charge in [-0.05, 0) is 34.4 Å². The molecule has 0 radical (unpaired) electrons. The van der Waals surface area contributed by atoms with Crippen LogP contribution in [0.1, 0.15) is 17.0 Å². The van der Waals surface area contributed by atoms with E-state index >= 15 is 0 Å². The third kappa shape index (κ3) is 3.99. The highest BCUT2D eigenvalue weighted by atomic mass is 32.2. The average molecular weight is 435 g/mol. The van der Waals surface area contributed by atoms with Gasteiger partial charge in [0.1, 0.15) is 5.75 Å². The molecule has 1 unspecified atom stereocenters. The van der Waals surface area contributed by atoms with Crippen LogP contribution < -0.4 is 10.1 Å².